The zero-order valence-electron chi connectivity index (χ0n) is 10.3. The molecule has 92 valence electrons. The number of hydrogen-bond acceptors (Lipinski definition) is 3. The summed E-state index contributed by atoms with van der Waals surface area (Å²) >= 11 is 0. The van der Waals surface area contributed by atoms with Gasteiger partial charge in [-0.15, -0.1) is 0 Å². The number of ether oxygens (including phenoxy) is 1. The quantitative estimate of drug-likeness (QED) is 0.784. The molecule has 0 aromatic heterocycles. The minimum atomic E-state index is -0.553. The number of amides is 1. The van der Waals surface area contributed by atoms with Gasteiger partial charge in [0.05, 0.1) is 6.10 Å². The fraction of sp³-hybridized carbons (Fsp3) is 0.462. The summed E-state index contributed by atoms with van der Waals surface area (Å²) in [5.74, 6) is 0.555. The minimum Gasteiger partial charge on any atom is -0.487 e. The van der Waals surface area contributed by atoms with Crippen LogP contribution in [0.15, 0.2) is 18.2 Å². The third-order valence-electron chi connectivity index (χ3n) is 2.76. The Hall–Kier alpha value is -1.55. The van der Waals surface area contributed by atoms with Gasteiger partial charge in [-0.2, -0.15) is 0 Å². The molecule has 1 aliphatic rings. The van der Waals surface area contributed by atoms with Crippen molar-refractivity contribution < 1.29 is 14.6 Å². The Morgan fingerprint density at radius 1 is 1.53 bits per heavy atom. The molecule has 1 atom stereocenters. The maximum atomic E-state index is 11.0. The average molecular weight is 235 g/mol. The number of anilines is 1. The van der Waals surface area contributed by atoms with E-state index in [0.29, 0.717) is 17.9 Å². The van der Waals surface area contributed by atoms with Gasteiger partial charge in [0.2, 0.25) is 5.91 Å². The molecule has 4 nitrogen and oxygen atoms in total. The fourth-order valence-corrected chi connectivity index (χ4v) is 2.10. The third kappa shape index (κ3) is 2.58. The predicted molar refractivity (Wildman–Crippen MR) is 65.0 cm³/mol. The average Bonchev–Trinajstić information content (AvgIpc) is 2.16. The lowest BCUT2D eigenvalue weighted by atomic mass is 9.91. The summed E-state index contributed by atoms with van der Waals surface area (Å²) < 4.78 is 5.78. The number of rotatable bonds is 1. The van der Waals surface area contributed by atoms with Gasteiger partial charge in [-0.05, 0) is 32.0 Å². The van der Waals surface area contributed by atoms with Crippen molar-refractivity contribution >= 4 is 11.6 Å². The standard InChI is InChI=1S/C13H17NO3/c1-8(15)14-9-4-5-12-10(6-9)11(16)7-13(2,3)17-12/h4-6,11,16H,7H2,1-3H3,(H,14,15). The zero-order chi connectivity index (χ0) is 12.6. The molecule has 4 heteroatoms. The second kappa shape index (κ2) is 4.04. The van der Waals surface area contributed by atoms with Gasteiger partial charge in [-0.3, -0.25) is 4.79 Å². The normalized spacial score (nSPS) is 21.3. The predicted octanol–water partition coefficient (Wildman–Crippen LogP) is 2.24. The zero-order valence-corrected chi connectivity index (χ0v) is 10.3. The molecule has 0 saturated carbocycles. The van der Waals surface area contributed by atoms with Gasteiger partial charge in [0, 0.05) is 24.6 Å². The number of carbonyl (C=O) groups is 1. The van der Waals surface area contributed by atoms with Crippen molar-refractivity contribution in [2.45, 2.75) is 38.9 Å². The Labute approximate surface area is 101 Å². The van der Waals surface area contributed by atoms with E-state index in [1.165, 1.54) is 6.92 Å². The van der Waals surface area contributed by atoms with Crippen LogP contribution >= 0.6 is 0 Å². The molecule has 0 aliphatic carbocycles. The van der Waals surface area contributed by atoms with Gasteiger partial charge in [0.15, 0.2) is 0 Å². The van der Waals surface area contributed by atoms with E-state index in [4.69, 9.17) is 4.74 Å². The van der Waals surface area contributed by atoms with Gasteiger partial charge in [-0.1, -0.05) is 0 Å². The lowest BCUT2D eigenvalue weighted by Gasteiger charge is -2.35. The van der Waals surface area contributed by atoms with Crippen LogP contribution in [0.2, 0.25) is 0 Å². The molecule has 2 N–H and O–H groups in total. The van der Waals surface area contributed by atoms with E-state index in [1.807, 2.05) is 13.8 Å². The fourth-order valence-electron chi connectivity index (χ4n) is 2.10. The summed E-state index contributed by atoms with van der Waals surface area (Å²) in [5, 5.41) is 12.8. The van der Waals surface area contributed by atoms with Crippen molar-refractivity contribution in [3.05, 3.63) is 23.8 Å². The number of nitrogens with one attached hydrogen (secondary N) is 1. The molecule has 1 aliphatic heterocycles. The molecule has 17 heavy (non-hydrogen) atoms. The SMILES string of the molecule is CC(=O)Nc1ccc2c(c1)C(O)CC(C)(C)O2. The molecule has 0 saturated heterocycles. The van der Waals surface area contributed by atoms with Gasteiger partial charge in [-0.25, -0.2) is 0 Å². The van der Waals surface area contributed by atoms with Gasteiger partial charge in [0.1, 0.15) is 11.4 Å². The van der Waals surface area contributed by atoms with Crippen LogP contribution in [0.5, 0.6) is 5.75 Å². The number of aliphatic hydroxyl groups excluding tert-OH is 1. The lowest BCUT2D eigenvalue weighted by molar-refractivity contribution is -0.114. The van der Waals surface area contributed by atoms with Crippen LogP contribution in [0.3, 0.4) is 0 Å². The van der Waals surface area contributed by atoms with Gasteiger partial charge < -0.3 is 15.2 Å². The van der Waals surface area contributed by atoms with Gasteiger partial charge >= 0.3 is 0 Å². The Balaban J connectivity index is 2.33. The Morgan fingerprint density at radius 2 is 2.24 bits per heavy atom. The molecular weight excluding hydrogens is 218 g/mol. The van der Waals surface area contributed by atoms with Crippen molar-refractivity contribution in [1.29, 1.82) is 0 Å². The highest BCUT2D eigenvalue weighted by molar-refractivity contribution is 5.88. The molecule has 0 bridgehead atoms. The van der Waals surface area contributed by atoms with Crippen molar-refractivity contribution in [2.75, 3.05) is 5.32 Å². The lowest BCUT2D eigenvalue weighted by Crippen LogP contribution is -2.34. The second-order valence-electron chi connectivity index (χ2n) is 5.02. The summed E-state index contributed by atoms with van der Waals surface area (Å²) in [5.41, 5.74) is 1.05. The highest BCUT2D eigenvalue weighted by Crippen LogP contribution is 2.40. The van der Waals surface area contributed by atoms with Crippen molar-refractivity contribution in [1.82, 2.24) is 0 Å². The van der Waals surface area contributed by atoms with Crippen LogP contribution in [0, 0.1) is 0 Å². The Kier molecular flexibility index (Phi) is 2.83. The van der Waals surface area contributed by atoms with E-state index >= 15 is 0 Å². The summed E-state index contributed by atoms with van der Waals surface area (Å²) in [4.78, 5) is 11.0. The van der Waals surface area contributed by atoms with Crippen LogP contribution in [0.25, 0.3) is 0 Å². The summed E-state index contributed by atoms with van der Waals surface area (Å²) in [6.07, 6.45) is -0.00812. The highest BCUT2D eigenvalue weighted by atomic mass is 16.5. The molecule has 2 rings (SSSR count). The largest absolute Gasteiger partial charge is 0.487 e. The van der Waals surface area contributed by atoms with Crippen LogP contribution in [0.4, 0.5) is 5.69 Å². The van der Waals surface area contributed by atoms with E-state index in [-0.39, 0.29) is 11.5 Å². The van der Waals surface area contributed by atoms with Crippen LogP contribution in [-0.4, -0.2) is 16.6 Å². The van der Waals surface area contributed by atoms with E-state index in [9.17, 15) is 9.90 Å². The number of fused-ring (bicyclic) bond motifs is 1. The first-order chi connectivity index (χ1) is 7.87. The Bertz CT molecular complexity index is 454. The Morgan fingerprint density at radius 3 is 2.88 bits per heavy atom. The first kappa shape index (κ1) is 11.9. The molecule has 0 radical (unpaired) electrons. The molecule has 1 aromatic rings. The van der Waals surface area contributed by atoms with Crippen molar-refractivity contribution in [2.24, 2.45) is 0 Å². The summed E-state index contributed by atoms with van der Waals surface area (Å²) in [7, 11) is 0. The van der Waals surface area contributed by atoms with E-state index in [0.717, 1.165) is 5.56 Å². The van der Waals surface area contributed by atoms with E-state index in [1.54, 1.807) is 18.2 Å². The molecule has 0 fully saturated rings. The molecule has 1 unspecified atom stereocenters. The van der Waals surface area contributed by atoms with Crippen molar-refractivity contribution in [3.8, 4) is 5.75 Å². The smallest absolute Gasteiger partial charge is 0.221 e. The number of hydrogen-bond donors (Lipinski definition) is 2. The molecule has 1 heterocycles. The van der Waals surface area contributed by atoms with Gasteiger partial charge in [0.25, 0.3) is 0 Å². The molecule has 1 amide bonds. The number of carbonyl (C=O) groups excluding carboxylic acids is 1. The minimum absolute atomic E-state index is 0.128. The van der Waals surface area contributed by atoms with Crippen molar-refractivity contribution in [3.63, 3.8) is 0 Å². The van der Waals surface area contributed by atoms with E-state index < -0.39 is 6.10 Å². The topological polar surface area (TPSA) is 58.6 Å². The highest BCUT2D eigenvalue weighted by Gasteiger charge is 2.32. The number of benzene rings is 1. The third-order valence-corrected chi connectivity index (χ3v) is 2.76. The van der Waals surface area contributed by atoms with E-state index in [2.05, 4.69) is 5.32 Å². The summed E-state index contributed by atoms with van der Waals surface area (Å²) in [6, 6.07) is 5.32. The molecule has 1 aromatic carbocycles. The maximum absolute atomic E-state index is 11.0. The maximum Gasteiger partial charge on any atom is 0.221 e. The summed E-state index contributed by atoms with van der Waals surface area (Å²) in [6.45, 7) is 5.34. The van der Waals surface area contributed by atoms with Crippen LogP contribution < -0.4 is 10.1 Å². The first-order valence-corrected chi connectivity index (χ1v) is 5.66. The van der Waals surface area contributed by atoms with Crippen LogP contribution in [-0.2, 0) is 4.79 Å². The monoisotopic (exact) mass is 235 g/mol. The number of aliphatic hydroxyl groups is 1. The molecule has 0 spiro atoms. The first-order valence-electron chi connectivity index (χ1n) is 5.66. The molecular formula is C13H17NO3. The van der Waals surface area contributed by atoms with Crippen LogP contribution in [0.1, 0.15) is 38.9 Å². The second-order valence-corrected chi connectivity index (χ2v) is 5.02.